The van der Waals surface area contributed by atoms with E-state index in [9.17, 15) is 13.2 Å². The molecule has 0 aliphatic rings. The summed E-state index contributed by atoms with van der Waals surface area (Å²) in [7, 11) is -3.62. The van der Waals surface area contributed by atoms with Gasteiger partial charge in [0.1, 0.15) is 4.90 Å². The lowest BCUT2D eigenvalue weighted by atomic mass is 10.2. The summed E-state index contributed by atoms with van der Waals surface area (Å²) in [4.78, 5) is 16.0. The molecule has 2 rings (SSSR count). The summed E-state index contributed by atoms with van der Waals surface area (Å²) >= 11 is 1.45. The number of rotatable bonds is 6. The minimum absolute atomic E-state index is 0.0567. The van der Waals surface area contributed by atoms with Crippen LogP contribution in [0.15, 0.2) is 35.2 Å². The molecule has 1 aromatic carbocycles. The molecule has 0 saturated carbocycles. The van der Waals surface area contributed by atoms with Gasteiger partial charge in [-0.15, -0.1) is 11.3 Å². The van der Waals surface area contributed by atoms with Gasteiger partial charge in [0.2, 0.25) is 0 Å². The molecule has 1 N–H and O–H groups in total. The van der Waals surface area contributed by atoms with Crippen molar-refractivity contribution in [3.63, 3.8) is 0 Å². The lowest BCUT2D eigenvalue weighted by Crippen LogP contribution is -2.30. The summed E-state index contributed by atoms with van der Waals surface area (Å²) < 4.78 is 27.5. The number of aryl methyl sites for hydroxylation is 2. The van der Waals surface area contributed by atoms with Gasteiger partial charge in [-0.1, -0.05) is 0 Å². The van der Waals surface area contributed by atoms with Crippen LogP contribution in [0.4, 0.5) is 5.69 Å². The summed E-state index contributed by atoms with van der Waals surface area (Å²) in [5, 5.41) is 0. The largest absolute Gasteiger partial charge is 0.339 e. The van der Waals surface area contributed by atoms with Gasteiger partial charge in [-0.25, -0.2) is 8.42 Å². The summed E-state index contributed by atoms with van der Waals surface area (Å²) in [5.41, 5.74) is 0.985. The van der Waals surface area contributed by atoms with E-state index in [1.54, 1.807) is 42.2 Å². The number of carbonyl (C=O) groups excluding carboxylic acids is 1. The molecular weight excluding hydrogens is 344 g/mol. The van der Waals surface area contributed by atoms with Crippen LogP contribution in [0.1, 0.15) is 34.0 Å². The molecule has 130 valence electrons. The average molecular weight is 367 g/mol. The van der Waals surface area contributed by atoms with Crippen molar-refractivity contribution >= 4 is 33.0 Å². The first kappa shape index (κ1) is 18.5. The molecule has 2 aromatic rings. The normalized spacial score (nSPS) is 11.3. The SMILES string of the molecule is CCN(CC)C(=O)c1ccc(NS(=O)(=O)c2cc(C)sc2C)cc1. The zero-order chi connectivity index (χ0) is 17.9. The number of hydrogen-bond acceptors (Lipinski definition) is 4. The zero-order valence-corrected chi connectivity index (χ0v) is 15.9. The number of anilines is 1. The number of thiophene rings is 1. The number of amides is 1. The van der Waals surface area contributed by atoms with Gasteiger partial charge in [0.15, 0.2) is 0 Å². The molecule has 0 radical (unpaired) electrons. The third-order valence-electron chi connectivity index (χ3n) is 3.72. The Morgan fingerprint density at radius 3 is 2.17 bits per heavy atom. The lowest BCUT2D eigenvalue weighted by molar-refractivity contribution is 0.0773. The van der Waals surface area contributed by atoms with Crippen molar-refractivity contribution in [2.45, 2.75) is 32.6 Å². The Balaban J connectivity index is 2.20. The van der Waals surface area contributed by atoms with Crippen LogP contribution < -0.4 is 4.72 Å². The van der Waals surface area contributed by atoms with Crippen LogP contribution in [-0.2, 0) is 10.0 Å². The second-order valence-electron chi connectivity index (χ2n) is 5.44. The van der Waals surface area contributed by atoms with Gasteiger partial charge in [-0.05, 0) is 58.0 Å². The molecule has 0 aliphatic carbocycles. The van der Waals surface area contributed by atoms with E-state index in [1.807, 2.05) is 20.8 Å². The van der Waals surface area contributed by atoms with Gasteiger partial charge in [0, 0.05) is 34.1 Å². The number of nitrogens with one attached hydrogen (secondary N) is 1. The fraction of sp³-hybridized carbons (Fsp3) is 0.353. The highest BCUT2D eigenvalue weighted by Gasteiger charge is 2.19. The maximum Gasteiger partial charge on any atom is 0.262 e. The average Bonchev–Trinajstić information content (AvgIpc) is 2.88. The first-order valence-corrected chi connectivity index (χ1v) is 10.1. The minimum Gasteiger partial charge on any atom is -0.339 e. The second-order valence-corrected chi connectivity index (χ2v) is 8.55. The summed E-state index contributed by atoms with van der Waals surface area (Å²) in [5.74, 6) is -0.0567. The highest BCUT2D eigenvalue weighted by atomic mass is 32.2. The van der Waals surface area contributed by atoms with Crippen LogP contribution in [0.2, 0.25) is 0 Å². The molecule has 1 aromatic heterocycles. The van der Waals surface area contributed by atoms with Crippen LogP contribution in [0.25, 0.3) is 0 Å². The predicted molar refractivity (Wildman–Crippen MR) is 98.3 cm³/mol. The first-order valence-electron chi connectivity index (χ1n) is 7.77. The smallest absolute Gasteiger partial charge is 0.262 e. The van der Waals surface area contributed by atoms with Crippen molar-refractivity contribution in [1.82, 2.24) is 4.90 Å². The van der Waals surface area contributed by atoms with Crippen LogP contribution in [-0.4, -0.2) is 32.3 Å². The van der Waals surface area contributed by atoms with Gasteiger partial charge in [-0.3, -0.25) is 9.52 Å². The van der Waals surface area contributed by atoms with E-state index in [1.165, 1.54) is 11.3 Å². The monoisotopic (exact) mass is 366 g/mol. The third kappa shape index (κ3) is 3.96. The van der Waals surface area contributed by atoms with Gasteiger partial charge >= 0.3 is 0 Å². The van der Waals surface area contributed by atoms with Crippen LogP contribution >= 0.6 is 11.3 Å². The molecule has 0 spiro atoms. The third-order valence-corrected chi connectivity index (χ3v) is 6.32. The maximum absolute atomic E-state index is 12.5. The molecule has 0 saturated heterocycles. The van der Waals surface area contributed by atoms with E-state index >= 15 is 0 Å². The van der Waals surface area contributed by atoms with Crippen LogP contribution in [0.3, 0.4) is 0 Å². The lowest BCUT2D eigenvalue weighted by Gasteiger charge is -2.18. The Morgan fingerprint density at radius 1 is 1.12 bits per heavy atom. The van der Waals surface area contributed by atoms with Crippen molar-refractivity contribution in [1.29, 1.82) is 0 Å². The molecular formula is C17H22N2O3S2. The maximum atomic E-state index is 12.5. The summed E-state index contributed by atoms with van der Waals surface area (Å²) in [6, 6.07) is 8.18. The van der Waals surface area contributed by atoms with Crippen LogP contribution in [0.5, 0.6) is 0 Å². The highest BCUT2D eigenvalue weighted by Crippen LogP contribution is 2.26. The van der Waals surface area contributed by atoms with Gasteiger partial charge in [0.25, 0.3) is 15.9 Å². The second kappa shape index (κ2) is 7.36. The topological polar surface area (TPSA) is 66.5 Å². The predicted octanol–water partition coefficient (Wildman–Crippen LogP) is 3.65. The molecule has 1 heterocycles. The molecule has 1 amide bonds. The number of nitrogens with zero attached hydrogens (tertiary/aromatic N) is 1. The van der Waals surface area contributed by atoms with E-state index in [4.69, 9.17) is 0 Å². The fourth-order valence-corrected chi connectivity index (χ4v) is 5.07. The number of benzene rings is 1. The highest BCUT2D eigenvalue weighted by molar-refractivity contribution is 7.93. The van der Waals surface area contributed by atoms with Crippen LogP contribution in [0, 0.1) is 13.8 Å². The van der Waals surface area contributed by atoms with Gasteiger partial charge in [-0.2, -0.15) is 0 Å². The van der Waals surface area contributed by atoms with Gasteiger partial charge in [0.05, 0.1) is 0 Å². The van der Waals surface area contributed by atoms with E-state index in [0.29, 0.717) is 29.2 Å². The first-order chi connectivity index (χ1) is 11.3. The molecule has 0 fully saturated rings. The van der Waals surface area contributed by atoms with E-state index in [-0.39, 0.29) is 5.91 Å². The summed E-state index contributed by atoms with van der Waals surface area (Å²) in [6.45, 7) is 8.80. The standard InChI is InChI=1S/C17H22N2O3S2/c1-5-19(6-2)17(20)14-7-9-15(10-8-14)18-24(21,22)16-11-12(3)23-13(16)4/h7-11,18H,5-6H2,1-4H3. The Hall–Kier alpha value is -1.86. The quantitative estimate of drug-likeness (QED) is 0.849. The Morgan fingerprint density at radius 2 is 1.71 bits per heavy atom. The van der Waals surface area contributed by atoms with Crippen molar-refractivity contribution < 1.29 is 13.2 Å². The van der Waals surface area contributed by atoms with Crippen molar-refractivity contribution in [2.24, 2.45) is 0 Å². The van der Waals surface area contributed by atoms with E-state index in [2.05, 4.69) is 4.72 Å². The molecule has 24 heavy (non-hydrogen) atoms. The van der Waals surface area contributed by atoms with Crippen molar-refractivity contribution in [2.75, 3.05) is 17.8 Å². The molecule has 0 bridgehead atoms. The van der Waals surface area contributed by atoms with E-state index in [0.717, 1.165) is 9.75 Å². The number of sulfonamides is 1. The fourth-order valence-electron chi connectivity index (χ4n) is 2.46. The minimum atomic E-state index is -3.62. The Kier molecular flexibility index (Phi) is 5.66. The number of carbonyl (C=O) groups is 1. The van der Waals surface area contributed by atoms with E-state index < -0.39 is 10.0 Å². The summed E-state index contributed by atoms with van der Waals surface area (Å²) in [6.07, 6.45) is 0. The molecule has 0 unspecified atom stereocenters. The number of hydrogen-bond donors (Lipinski definition) is 1. The molecule has 0 atom stereocenters. The van der Waals surface area contributed by atoms with Crippen molar-refractivity contribution in [3.05, 3.63) is 45.6 Å². The Labute approximate surface area is 147 Å². The molecule has 7 heteroatoms. The molecule has 5 nitrogen and oxygen atoms in total. The Bertz CT molecular complexity index is 820. The zero-order valence-electron chi connectivity index (χ0n) is 14.3. The molecule has 0 aliphatic heterocycles. The van der Waals surface area contributed by atoms with Gasteiger partial charge < -0.3 is 4.90 Å². The van der Waals surface area contributed by atoms with Crippen molar-refractivity contribution in [3.8, 4) is 0 Å².